The van der Waals surface area contributed by atoms with Crippen LogP contribution in [-0.2, 0) is 16.1 Å². The van der Waals surface area contributed by atoms with Crippen LogP contribution in [0, 0.1) is 5.92 Å². The van der Waals surface area contributed by atoms with Crippen LogP contribution in [-0.4, -0.2) is 29.8 Å². The van der Waals surface area contributed by atoms with E-state index in [1.54, 1.807) is 0 Å². The van der Waals surface area contributed by atoms with Gasteiger partial charge in [-0.05, 0) is 12.8 Å². The molecule has 0 saturated heterocycles. The number of rotatable bonds is 7. The molecule has 0 bridgehead atoms. The molecule has 6 heteroatoms. The number of hydrogen-bond acceptors (Lipinski definition) is 5. The highest BCUT2D eigenvalue weighted by Gasteiger charge is 2.24. The average molecular weight is 273 g/mol. The van der Waals surface area contributed by atoms with Crippen LogP contribution in [0.3, 0.4) is 0 Å². The van der Waals surface area contributed by atoms with Crippen LogP contribution < -0.4 is 0 Å². The van der Waals surface area contributed by atoms with Crippen molar-refractivity contribution in [3.05, 3.63) is 15.6 Å². The number of aromatic nitrogens is 1. The highest BCUT2D eigenvalue weighted by atomic mass is 32.1. The summed E-state index contributed by atoms with van der Waals surface area (Å²) in [7, 11) is 1.52. The number of carbonyl (C=O) groups is 1. The van der Waals surface area contributed by atoms with Crippen molar-refractivity contribution in [2.24, 2.45) is 5.92 Å². The van der Waals surface area contributed by atoms with Gasteiger partial charge in [-0.1, -0.05) is 13.8 Å². The fraction of sp³-hybridized carbons (Fsp3) is 0.667. The standard InChI is InChI=1S/C12H19NO4S/c1-5-17-9(7(2)3)11-13-8(6-16-4)10(18-11)12(14)15/h7,9H,5-6H2,1-4H3,(H,14,15). The summed E-state index contributed by atoms with van der Waals surface area (Å²) in [5.41, 5.74) is 0.468. The van der Waals surface area contributed by atoms with Crippen molar-refractivity contribution in [2.75, 3.05) is 13.7 Å². The lowest BCUT2D eigenvalue weighted by Crippen LogP contribution is -2.11. The van der Waals surface area contributed by atoms with Crippen molar-refractivity contribution < 1.29 is 19.4 Å². The lowest BCUT2D eigenvalue weighted by atomic mass is 10.1. The normalized spacial score (nSPS) is 12.9. The molecule has 1 aromatic rings. The summed E-state index contributed by atoms with van der Waals surface area (Å²) in [6, 6.07) is 0. The van der Waals surface area contributed by atoms with Crippen LogP contribution in [0.5, 0.6) is 0 Å². The molecule has 0 fully saturated rings. The van der Waals surface area contributed by atoms with Crippen LogP contribution in [0.4, 0.5) is 0 Å². The summed E-state index contributed by atoms with van der Waals surface area (Å²) in [5.74, 6) is -0.724. The predicted octanol–water partition coefficient (Wildman–Crippen LogP) is 2.72. The van der Waals surface area contributed by atoms with Gasteiger partial charge in [0.1, 0.15) is 16.0 Å². The molecule has 18 heavy (non-hydrogen) atoms. The Kier molecular flexibility index (Phi) is 5.71. The maximum atomic E-state index is 11.1. The number of thiazole rings is 1. The second-order valence-corrected chi connectivity index (χ2v) is 5.22. The summed E-state index contributed by atoms with van der Waals surface area (Å²) < 4.78 is 10.6. The van der Waals surface area contributed by atoms with E-state index in [0.29, 0.717) is 17.3 Å². The minimum absolute atomic E-state index is 0.163. The van der Waals surface area contributed by atoms with Gasteiger partial charge < -0.3 is 14.6 Å². The Morgan fingerprint density at radius 2 is 2.17 bits per heavy atom. The molecule has 1 heterocycles. The second kappa shape index (κ2) is 6.82. The smallest absolute Gasteiger partial charge is 0.347 e. The van der Waals surface area contributed by atoms with Crippen molar-refractivity contribution in [2.45, 2.75) is 33.5 Å². The molecular weight excluding hydrogens is 254 g/mol. The topological polar surface area (TPSA) is 68.7 Å². The van der Waals surface area contributed by atoms with E-state index < -0.39 is 5.97 Å². The van der Waals surface area contributed by atoms with Gasteiger partial charge in [0, 0.05) is 13.7 Å². The molecule has 0 amide bonds. The number of carboxylic acids is 1. The number of carboxylic acid groups (broad SMARTS) is 1. The van der Waals surface area contributed by atoms with Crippen molar-refractivity contribution in [1.82, 2.24) is 4.98 Å². The molecule has 0 saturated carbocycles. The first-order valence-corrected chi connectivity index (χ1v) is 6.66. The lowest BCUT2D eigenvalue weighted by Gasteiger charge is -2.17. The SMILES string of the molecule is CCOC(c1nc(COC)c(C(=O)O)s1)C(C)C. The Balaban J connectivity index is 3.08. The van der Waals surface area contributed by atoms with E-state index in [0.717, 1.165) is 0 Å². The van der Waals surface area contributed by atoms with E-state index in [1.807, 2.05) is 20.8 Å². The van der Waals surface area contributed by atoms with Gasteiger partial charge in [-0.15, -0.1) is 11.3 Å². The number of methoxy groups -OCH3 is 1. The largest absolute Gasteiger partial charge is 0.477 e. The van der Waals surface area contributed by atoms with Crippen molar-refractivity contribution in [1.29, 1.82) is 0 Å². The number of ether oxygens (including phenoxy) is 2. The molecule has 1 aromatic heterocycles. The molecule has 0 aromatic carbocycles. The van der Waals surface area contributed by atoms with Gasteiger partial charge >= 0.3 is 5.97 Å². The maximum Gasteiger partial charge on any atom is 0.347 e. The quantitative estimate of drug-likeness (QED) is 0.827. The van der Waals surface area contributed by atoms with E-state index in [9.17, 15) is 4.79 Å². The zero-order valence-corrected chi connectivity index (χ0v) is 11.9. The van der Waals surface area contributed by atoms with Crippen molar-refractivity contribution in [3.63, 3.8) is 0 Å². The molecule has 0 radical (unpaired) electrons. The summed E-state index contributed by atoms with van der Waals surface area (Å²) in [4.78, 5) is 15.7. The maximum absolute atomic E-state index is 11.1. The molecule has 102 valence electrons. The van der Waals surface area contributed by atoms with E-state index in [-0.39, 0.29) is 23.5 Å². The minimum Gasteiger partial charge on any atom is -0.477 e. The van der Waals surface area contributed by atoms with Crippen molar-refractivity contribution >= 4 is 17.3 Å². The van der Waals surface area contributed by atoms with Gasteiger partial charge in [0.15, 0.2) is 0 Å². The highest BCUT2D eigenvalue weighted by molar-refractivity contribution is 7.13. The third-order valence-electron chi connectivity index (χ3n) is 2.38. The molecule has 0 aliphatic rings. The van der Waals surface area contributed by atoms with Gasteiger partial charge in [-0.25, -0.2) is 9.78 Å². The van der Waals surface area contributed by atoms with Crippen LogP contribution in [0.25, 0.3) is 0 Å². The monoisotopic (exact) mass is 273 g/mol. The molecule has 1 unspecified atom stereocenters. The highest BCUT2D eigenvalue weighted by Crippen LogP contribution is 2.31. The molecule has 1 rings (SSSR count). The van der Waals surface area contributed by atoms with Gasteiger partial charge in [-0.3, -0.25) is 0 Å². The third kappa shape index (κ3) is 3.51. The minimum atomic E-state index is -0.968. The first-order valence-electron chi connectivity index (χ1n) is 5.84. The summed E-state index contributed by atoms with van der Waals surface area (Å²) in [5, 5.41) is 9.83. The summed E-state index contributed by atoms with van der Waals surface area (Å²) in [6.45, 7) is 6.74. The molecule has 0 spiro atoms. The Labute approximate surface area is 111 Å². The molecule has 1 N–H and O–H groups in total. The molecule has 5 nitrogen and oxygen atoms in total. The predicted molar refractivity (Wildman–Crippen MR) is 69.0 cm³/mol. The average Bonchev–Trinajstić information content (AvgIpc) is 2.69. The third-order valence-corrected chi connectivity index (χ3v) is 3.53. The number of aromatic carboxylic acids is 1. The Hall–Kier alpha value is -0.980. The molecule has 0 aliphatic heterocycles. The number of nitrogens with zero attached hydrogens (tertiary/aromatic N) is 1. The van der Waals surface area contributed by atoms with E-state index in [4.69, 9.17) is 14.6 Å². The van der Waals surface area contributed by atoms with Crippen LogP contribution in [0.2, 0.25) is 0 Å². The Morgan fingerprint density at radius 3 is 2.61 bits per heavy atom. The van der Waals surface area contributed by atoms with Gasteiger partial charge in [0.05, 0.1) is 12.3 Å². The van der Waals surface area contributed by atoms with Gasteiger partial charge in [0.2, 0.25) is 0 Å². The first kappa shape index (κ1) is 15.1. The number of hydrogen-bond donors (Lipinski definition) is 1. The first-order chi connectivity index (χ1) is 8.51. The van der Waals surface area contributed by atoms with Gasteiger partial charge in [0.25, 0.3) is 0 Å². The van der Waals surface area contributed by atoms with Crippen LogP contribution in [0.15, 0.2) is 0 Å². The molecular formula is C12H19NO4S. The lowest BCUT2D eigenvalue weighted by molar-refractivity contribution is 0.0290. The van der Waals surface area contributed by atoms with Crippen molar-refractivity contribution in [3.8, 4) is 0 Å². The van der Waals surface area contributed by atoms with E-state index in [2.05, 4.69) is 4.98 Å². The summed E-state index contributed by atoms with van der Waals surface area (Å²) in [6.07, 6.45) is -0.163. The second-order valence-electron chi connectivity index (χ2n) is 4.19. The van der Waals surface area contributed by atoms with E-state index >= 15 is 0 Å². The fourth-order valence-electron chi connectivity index (χ4n) is 1.62. The molecule has 1 atom stereocenters. The summed E-state index contributed by atoms with van der Waals surface area (Å²) >= 11 is 1.17. The fourth-order valence-corrected chi connectivity index (χ4v) is 2.75. The van der Waals surface area contributed by atoms with E-state index in [1.165, 1.54) is 18.4 Å². The zero-order chi connectivity index (χ0) is 13.7. The Morgan fingerprint density at radius 1 is 1.50 bits per heavy atom. The molecule has 0 aliphatic carbocycles. The van der Waals surface area contributed by atoms with Crippen LogP contribution in [0.1, 0.15) is 47.2 Å². The van der Waals surface area contributed by atoms with Crippen LogP contribution >= 0.6 is 11.3 Å². The zero-order valence-electron chi connectivity index (χ0n) is 11.1. The van der Waals surface area contributed by atoms with Gasteiger partial charge in [-0.2, -0.15) is 0 Å². The Bertz CT molecular complexity index is 403.